The predicted molar refractivity (Wildman–Crippen MR) is 94.6 cm³/mol. The van der Waals surface area contributed by atoms with E-state index in [0.717, 1.165) is 55.0 Å². The molecule has 0 bridgehead atoms. The van der Waals surface area contributed by atoms with Crippen molar-refractivity contribution in [2.45, 2.75) is 31.6 Å². The molecule has 1 fully saturated rings. The van der Waals surface area contributed by atoms with Gasteiger partial charge < -0.3 is 16.0 Å². The van der Waals surface area contributed by atoms with E-state index in [1.165, 1.54) is 0 Å². The standard InChI is InChI=1S/C19H22F3N3/c20-19(21,22)15-5-7-17(8-6-15)25-11-9-16(10-12-25)24-18-4-2-1-3-14(18)13-23/h1-8,16,24H,9-13,23H2. The van der Waals surface area contributed by atoms with Crippen molar-refractivity contribution in [3.05, 3.63) is 59.7 Å². The first-order chi connectivity index (χ1) is 12.0. The maximum absolute atomic E-state index is 12.7. The van der Waals surface area contributed by atoms with Crippen LogP contribution in [0.4, 0.5) is 24.5 Å². The second-order valence-electron chi connectivity index (χ2n) is 6.31. The summed E-state index contributed by atoms with van der Waals surface area (Å²) in [6.45, 7) is 2.12. The van der Waals surface area contributed by atoms with Crippen LogP contribution in [0.5, 0.6) is 0 Å². The van der Waals surface area contributed by atoms with Gasteiger partial charge in [0, 0.05) is 37.1 Å². The summed E-state index contributed by atoms with van der Waals surface area (Å²) in [5, 5.41) is 3.55. The number of hydrogen-bond acceptors (Lipinski definition) is 3. The summed E-state index contributed by atoms with van der Waals surface area (Å²) in [5.41, 5.74) is 8.16. The van der Waals surface area contributed by atoms with E-state index >= 15 is 0 Å². The molecule has 1 aliphatic rings. The van der Waals surface area contributed by atoms with E-state index in [9.17, 15) is 13.2 Å². The molecule has 3 nitrogen and oxygen atoms in total. The summed E-state index contributed by atoms with van der Waals surface area (Å²) < 4.78 is 38.0. The molecule has 1 aliphatic heterocycles. The maximum atomic E-state index is 12.7. The van der Waals surface area contributed by atoms with Gasteiger partial charge in [-0.3, -0.25) is 0 Å². The van der Waals surface area contributed by atoms with Crippen molar-refractivity contribution < 1.29 is 13.2 Å². The van der Waals surface area contributed by atoms with Gasteiger partial charge in [0.2, 0.25) is 0 Å². The van der Waals surface area contributed by atoms with Crippen molar-refractivity contribution >= 4 is 11.4 Å². The molecule has 2 aromatic rings. The Morgan fingerprint density at radius 1 is 1.00 bits per heavy atom. The second-order valence-corrected chi connectivity index (χ2v) is 6.31. The number of nitrogens with one attached hydrogen (secondary N) is 1. The number of rotatable bonds is 4. The molecule has 0 unspecified atom stereocenters. The fourth-order valence-electron chi connectivity index (χ4n) is 3.20. The van der Waals surface area contributed by atoms with E-state index in [1.807, 2.05) is 24.3 Å². The third kappa shape index (κ3) is 4.25. The number of halogens is 3. The third-order valence-electron chi connectivity index (χ3n) is 4.65. The lowest BCUT2D eigenvalue weighted by molar-refractivity contribution is -0.137. The molecule has 3 N–H and O–H groups in total. The fourth-order valence-corrected chi connectivity index (χ4v) is 3.20. The van der Waals surface area contributed by atoms with Gasteiger partial charge in [-0.2, -0.15) is 13.2 Å². The minimum Gasteiger partial charge on any atom is -0.382 e. The van der Waals surface area contributed by atoms with Crippen LogP contribution in [-0.4, -0.2) is 19.1 Å². The van der Waals surface area contributed by atoms with Gasteiger partial charge in [-0.15, -0.1) is 0 Å². The normalized spacial score (nSPS) is 16.1. The second kappa shape index (κ2) is 7.35. The number of piperidine rings is 1. The Bertz CT molecular complexity index is 690. The number of alkyl halides is 3. The number of nitrogens with two attached hydrogens (primary N) is 1. The Morgan fingerprint density at radius 2 is 1.64 bits per heavy atom. The molecular weight excluding hydrogens is 327 g/mol. The molecule has 6 heteroatoms. The van der Waals surface area contributed by atoms with Crippen LogP contribution >= 0.6 is 0 Å². The van der Waals surface area contributed by atoms with Crippen LogP contribution in [0, 0.1) is 0 Å². The van der Waals surface area contributed by atoms with Crippen LogP contribution in [0.15, 0.2) is 48.5 Å². The van der Waals surface area contributed by atoms with Crippen LogP contribution in [0.3, 0.4) is 0 Å². The number of hydrogen-bond donors (Lipinski definition) is 2. The molecule has 25 heavy (non-hydrogen) atoms. The summed E-state index contributed by atoms with van der Waals surface area (Å²) in [7, 11) is 0. The molecule has 2 aromatic carbocycles. The zero-order valence-corrected chi connectivity index (χ0v) is 13.9. The zero-order valence-electron chi connectivity index (χ0n) is 13.9. The lowest BCUT2D eigenvalue weighted by atomic mass is 10.0. The lowest BCUT2D eigenvalue weighted by Gasteiger charge is -2.34. The molecule has 1 saturated heterocycles. The van der Waals surface area contributed by atoms with Gasteiger partial charge in [-0.1, -0.05) is 18.2 Å². The quantitative estimate of drug-likeness (QED) is 0.867. The summed E-state index contributed by atoms with van der Waals surface area (Å²) in [6.07, 6.45) is -2.42. The fraction of sp³-hybridized carbons (Fsp3) is 0.368. The van der Waals surface area contributed by atoms with Crippen LogP contribution in [0.1, 0.15) is 24.0 Å². The molecule has 1 heterocycles. The zero-order chi connectivity index (χ0) is 17.9. The summed E-state index contributed by atoms with van der Waals surface area (Å²) >= 11 is 0. The molecule has 0 aliphatic carbocycles. The van der Waals surface area contributed by atoms with Crippen molar-refractivity contribution in [2.24, 2.45) is 5.73 Å². The van der Waals surface area contributed by atoms with Gasteiger partial charge >= 0.3 is 6.18 Å². The van der Waals surface area contributed by atoms with Gasteiger partial charge in [0.1, 0.15) is 0 Å². The van der Waals surface area contributed by atoms with Crippen molar-refractivity contribution in [3.63, 3.8) is 0 Å². The number of benzene rings is 2. The minimum absolute atomic E-state index is 0.346. The first-order valence-electron chi connectivity index (χ1n) is 8.44. The van der Waals surface area contributed by atoms with Crippen LogP contribution in [0.2, 0.25) is 0 Å². The predicted octanol–water partition coefficient (Wildman–Crippen LogP) is 4.25. The summed E-state index contributed by atoms with van der Waals surface area (Å²) in [4.78, 5) is 2.13. The number of nitrogens with zero attached hydrogens (tertiary/aromatic N) is 1. The molecule has 0 atom stereocenters. The highest BCUT2D eigenvalue weighted by atomic mass is 19.4. The van der Waals surface area contributed by atoms with Gasteiger partial charge in [0.25, 0.3) is 0 Å². The maximum Gasteiger partial charge on any atom is 0.416 e. The molecule has 0 spiro atoms. The van der Waals surface area contributed by atoms with Crippen LogP contribution < -0.4 is 16.0 Å². The summed E-state index contributed by atoms with van der Waals surface area (Å²) in [6, 6.07) is 13.8. The molecule has 0 radical (unpaired) electrons. The largest absolute Gasteiger partial charge is 0.416 e. The van der Waals surface area contributed by atoms with Crippen molar-refractivity contribution in [1.29, 1.82) is 0 Å². The third-order valence-corrected chi connectivity index (χ3v) is 4.65. The Labute approximate surface area is 145 Å². The monoisotopic (exact) mass is 349 g/mol. The topological polar surface area (TPSA) is 41.3 Å². The Hall–Kier alpha value is -2.21. The van der Waals surface area contributed by atoms with Crippen LogP contribution in [-0.2, 0) is 12.7 Å². The van der Waals surface area contributed by atoms with E-state index in [0.29, 0.717) is 12.6 Å². The average molecular weight is 349 g/mol. The van der Waals surface area contributed by atoms with Gasteiger partial charge in [0.05, 0.1) is 5.56 Å². The van der Waals surface area contributed by atoms with Gasteiger partial charge in [0.15, 0.2) is 0 Å². The number of para-hydroxylation sites is 1. The van der Waals surface area contributed by atoms with E-state index < -0.39 is 11.7 Å². The molecule has 134 valence electrons. The highest BCUT2D eigenvalue weighted by Crippen LogP contribution is 2.31. The minimum atomic E-state index is -4.29. The Morgan fingerprint density at radius 3 is 2.24 bits per heavy atom. The van der Waals surface area contributed by atoms with Crippen molar-refractivity contribution in [2.75, 3.05) is 23.3 Å². The molecular formula is C19H22F3N3. The Kier molecular flexibility index (Phi) is 5.18. The van der Waals surface area contributed by atoms with Gasteiger partial charge in [-0.05, 0) is 48.7 Å². The van der Waals surface area contributed by atoms with E-state index in [2.05, 4.69) is 10.2 Å². The number of anilines is 2. The van der Waals surface area contributed by atoms with E-state index in [-0.39, 0.29) is 0 Å². The van der Waals surface area contributed by atoms with Gasteiger partial charge in [-0.25, -0.2) is 0 Å². The highest BCUT2D eigenvalue weighted by Gasteiger charge is 2.30. The van der Waals surface area contributed by atoms with E-state index in [1.54, 1.807) is 12.1 Å². The Balaban J connectivity index is 1.58. The molecule has 0 saturated carbocycles. The van der Waals surface area contributed by atoms with E-state index in [4.69, 9.17) is 5.73 Å². The first-order valence-corrected chi connectivity index (χ1v) is 8.44. The van der Waals surface area contributed by atoms with Crippen molar-refractivity contribution in [1.82, 2.24) is 0 Å². The SMILES string of the molecule is NCc1ccccc1NC1CCN(c2ccc(C(F)(F)F)cc2)CC1. The average Bonchev–Trinajstić information content (AvgIpc) is 2.62. The first kappa shape index (κ1) is 17.6. The molecule has 0 aromatic heterocycles. The highest BCUT2D eigenvalue weighted by molar-refractivity contribution is 5.53. The lowest BCUT2D eigenvalue weighted by Crippen LogP contribution is -2.39. The smallest absolute Gasteiger partial charge is 0.382 e. The van der Waals surface area contributed by atoms with Crippen molar-refractivity contribution in [3.8, 4) is 0 Å². The molecule has 0 amide bonds. The molecule has 3 rings (SSSR count). The summed E-state index contributed by atoms with van der Waals surface area (Å²) in [5.74, 6) is 0. The van der Waals surface area contributed by atoms with Crippen LogP contribution in [0.25, 0.3) is 0 Å².